The largest absolute Gasteiger partial charge is 0.397 e. The van der Waals surface area contributed by atoms with Gasteiger partial charge in [0.05, 0.1) is 11.4 Å². The minimum Gasteiger partial charge on any atom is -0.397 e. The van der Waals surface area contributed by atoms with Crippen LogP contribution >= 0.6 is 0 Å². The Morgan fingerprint density at radius 1 is 1.26 bits per heavy atom. The van der Waals surface area contributed by atoms with Gasteiger partial charge in [-0.2, -0.15) is 13.2 Å². The molecular weight excluding hydrogens is 288 g/mol. The summed E-state index contributed by atoms with van der Waals surface area (Å²) in [6.45, 7) is 0. The first-order valence-corrected chi connectivity index (χ1v) is 6.87. The third-order valence-corrected chi connectivity index (χ3v) is 3.52. The van der Waals surface area contributed by atoms with Crippen molar-refractivity contribution in [1.82, 2.24) is 0 Å². The Hall–Kier alpha value is -1.51. The Bertz CT molecular complexity index is 523. The number of rotatable bonds is 5. The summed E-state index contributed by atoms with van der Waals surface area (Å²) < 4.78 is 73.8. The molecule has 9 heteroatoms. The SMILES string of the molecule is Nc1cccc(F)c1NS(=O)(=O)CCCC(F)(F)F. The summed E-state index contributed by atoms with van der Waals surface area (Å²) in [7, 11) is -4.07. The highest BCUT2D eigenvalue weighted by molar-refractivity contribution is 7.92. The van der Waals surface area contributed by atoms with Gasteiger partial charge in [0.15, 0.2) is 0 Å². The highest BCUT2D eigenvalue weighted by Crippen LogP contribution is 2.25. The van der Waals surface area contributed by atoms with Crippen molar-refractivity contribution in [3.63, 3.8) is 0 Å². The molecule has 0 aliphatic rings. The standard InChI is InChI=1S/C10H12F4N2O2S/c11-7-3-1-4-8(15)9(7)16-19(17,18)6-2-5-10(12,13)14/h1,3-4,16H,2,5-6,15H2. The van der Waals surface area contributed by atoms with Gasteiger partial charge in [-0.1, -0.05) is 6.07 Å². The highest BCUT2D eigenvalue weighted by atomic mass is 32.2. The summed E-state index contributed by atoms with van der Waals surface area (Å²) in [6.07, 6.45) is -6.25. The number of anilines is 2. The molecule has 4 nitrogen and oxygen atoms in total. The van der Waals surface area contributed by atoms with Gasteiger partial charge in [0.1, 0.15) is 11.5 Å². The van der Waals surface area contributed by atoms with Crippen LogP contribution in [0.1, 0.15) is 12.8 Å². The van der Waals surface area contributed by atoms with E-state index in [1.54, 1.807) is 0 Å². The van der Waals surface area contributed by atoms with Crippen molar-refractivity contribution in [3.8, 4) is 0 Å². The van der Waals surface area contributed by atoms with Crippen molar-refractivity contribution < 1.29 is 26.0 Å². The first kappa shape index (κ1) is 15.5. The van der Waals surface area contributed by atoms with Crippen LogP contribution in [0, 0.1) is 5.82 Å². The highest BCUT2D eigenvalue weighted by Gasteiger charge is 2.27. The minimum atomic E-state index is -4.42. The summed E-state index contributed by atoms with van der Waals surface area (Å²) in [6, 6.07) is 3.55. The number of halogens is 4. The van der Waals surface area contributed by atoms with E-state index < -0.39 is 46.3 Å². The molecule has 108 valence electrons. The first-order valence-electron chi connectivity index (χ1n) is 5.22. The number of alkyl halides is 3. The van der Waals surface area contributed by atoms with Crippen LogP contribution in [0.15, 0.2) is 18.2 Å². The topological polar surface area (TPSA) is 72.2 Å². The molecular formula is C10H12F4N2O2S. The van der Waals surface area contributed by atoms with Crippen LogP contribution in [0.4, 0.5) is 28.9 Å². The zero-order chi connectivity index (χ0) is 14.7. The van der Waals surface area contributed by atoms with Gasteiger partial charge in [0, 0.05) is 6.42 Å². The molecule has 0 saturated carbocycles. The van der Waals surface area contributed by atoms with Crippen LogP contribution in [-0.4, -0.2) is 20.3 Å². The monoisotopic (exact) mass is 300 g/mol. The second-order valence-corrected chi connectivity index (χ2v) is 5.69. The van der Waals surface area contributed by atoms with Crippen LogP contribution in [0.25, 0.3) is 0 Å². The van der Waals surface area contributed by atoms with Gasteiger partial charge < -0.3 is 5.73 Å². The van der Waals surface area contributed by atoms with E-state index in [0.717, 1.165) is 6.07 Å². The molecule has 0 aromatic heterocycles. The molecule has 0 spiro atoms. The van der Waals surface area contributed by atoms with E-state index in [-0.39, 0.29) is 5.69 Å². The lowest BCUT2D eigenvalue weighted by atomic mass is 10.3. The van der Waals surface area contributed by atoms with Crippen molar-refractivity contribution in [2.75, 3.05) is 16.2 Å². The van der Waals surface area contributed by atoms with E-state index in [9.17, 15) is 26.0 Å². The average Bonchev–Trinajstić information content (AvgIpc) is 2.21. The Morgan fingerprint density at radius 2 is 1.89 bits per heavy atom. The Labute approximate surface area is 107 Å². The average molecular weight is 300 g/mol. The van der Waals surface area contributed by atoms with E-state index in [4.69, 9.17) is 5.73 Å². The zero-order valence-electron chi connectivity index (χ0n) is 9.67. The zero-order valence-corrected chi connectivity index (χ0v) is 10.5. The summed E-state index contributed by atoms with van der Waals surface area (Å²) >= 11 is 0. The van der Waals surface area contributed by atoms with Gasteiger partial charge in [0.2, 0.25) is 10.0 Å². The first-order chi connectivity index (χ1) is 8.61. The normalized spacial score (nSPS) is 12.4. The summed E-state index contributed by atoms with van der Waals surface area (Å²) in [5, 5.41) is 0. The number of nitrogens with two attached hydrogens (primary N) is 1. The molecule has 1 rings (SSSR count). The number of sulfonamides is 1. The summed E-state index contributed by atoms with van der Waals surface area (Å²) in [4.78, 5) is 0. The van der Waals surface area contributed by atoms with Crippen LogP contribution in [0.5, 0.6) is 0 Å². The third-order valence-electron chi connectivity index (χ3n) is 2.18. The lowest BCUT2D eigenvalue weighted by molar-refractivity contribution is -0.134. The predicted octanol–water partition coefficient (Wildman–Crippen LogP) is 2.49. The number of hydrogen-bond acceptors (Lipinski definition) is 3. The minimum absolute atomic E-state index is 0.139. The fourth-order valence-corrected chi connectivity index (χ4v) is 2.47. The van der Waals surface area contributed by atoms with Crippen molar-refractivity contribution in [2.24, 2.45) is 0 Å². The van der Waals surface area contributed by atoms with Crippen molar-refractivity contribution in [2.45, 2.75) is 19.0 Å². The smallest absolute Gasteiger partial charge is 0.389 e. The molecule has 1 aromatic rings. The maximum atomic E-state index is 13.3. The quantitative estimate of drug-likeness (QED) is 0.648. The molecule has 0 fully saturated rings. The molecule has 0 amide bonds. The van der Waals surface area contributed by atoms with Gasteiger partial charge in [-0.05, 0) is 18.6 Å². The molecule has 0 unspecified atom stereocenters. The number of nitrogens with one attached hydrogen (secondary N) is 1. The Kier molecular flexibility index (Phi) is 4.61. The molecule has 0 aliphatic carbocycles. The molecule has 0 atom stereocenters. The molecule has 19 heavy (non-hydrogen) atoms. The molecule has 0 aliphatic heterocycles. The summed E-state index contributed by atoms with van der Waals surface area (Å²) in [5.41, 5.74) is 4.79. The van der Waals surface area contributed by atoms with Gasteiger partial charge in [-0.3, -0.25) is 4.72 Å². The number of para-hydroxylation sites is 1. The lowest BCUT2D eigenvalue weighted by Crippen LogP contribution is -2.20. The maximum absolute atomic E-state index is 13.3. The van der Waals surface area contributed by atoms with E-state index >= 15 is 0 Å². The van der Waals surface area contributed by atoms with E-state index in [0.29, 0.717) is 0 Å². The van der Waals surface area contributed by atoms with Gasteiger partial charge >= 0.3 is 6.18 Å². The number of hydrogen-bond donors (Lipinski definition) is 2. The molecule has 0 heterocycles. The van der Waals surface area contributed by atoms with E-state index in [1.165, 1.54) is 12.1 Å². The van der Waals surface area contributed by atoms with Gasteiger partial charge in [-0.25, -0.2) is 12.8 Å². The fraction of sp³-hybridized carbons (Fsp3) is 0.400. The Balaban J connectivity index is 2.70. The molecule has 0 bridgehead atoms. The molecule has 0 saturated heterocycles. The van der Waals surface area contributed by atoms with E-state index in [1.807, 2.05) is 4.72 Å². The maximum Gasteiger partial charge on any atom is 0.389 e. The van der Waals surface area contributed by atoms with E-state index in [2.05, 4.69) is 0 Å². The van der Waals surface area contributed by atoms with Crippen LogP contribution in [0.3, 0.4) is 0 Å². The summed E-state index contributed by atoms with van der Waals surface area (Å²) in [5.74, 6) is -1.65. The second-order valence-electron chi connectivity index (χ2n) is 3.84. The van der Waals surface area contributed by atoms with Crippen molar-refractivity contribution in [3.05, 3.63) is 24.0 Å². The van der Waals surface area contributed by atoms with Crippen LogP contribution in [-0.2, 0) is 10.0 Å². The fourth-order valence-electron chi connectivity index (χ4n) is 1.32. The third kappa shape index (κ3) is 5.33. The number of nitrogen functional groups attached to an aromatic ring is 1. The van der Waals surface area contributed by atoms with Crippen LogP contribution < -0.4 is 10.5 Å². The molecule has 0 radical (unpaired) electrons. The van der Waals surface area contributed by atoms with Crippen molar-refractivity contribution >= 4 is 21.4 Å². The predicted molar refractivity (Wildman–Crippen MR) is 63.5 cm³/mol. The van der Waals surface area contributed by atoms with Gasteiger partial charge in [0.25, 0.3) is 0 Å². The Morgan fingerprint density at radius 3 is 2.42 bits per heavy atom. The lowest BCUT2D eigenvalue weighted by Gasteiger charge is -2.11. The molecule has 1 aromatic carbocycles. The number of benzene rings is 1. The van der Waals surface area contributed by atoms with Crippen LogP contribution in [0.2, 0.25) is 0 Å². The second kappa shape index (κ2) is 5.64. The van der Waals surface area contributed by atoms with Gasteiger partial charge in [-0.15, -0.1) is 0 Å². The van der Waals surface area contributed by atoms with Crippen molar-refractivity contribution in [1.29, 1.82) is 0 Å². The molecule has 3 N–H and O–H groups in total.